The van der Waals surface area contributed by atoms with Crippen LogP contribution in [0, 0.1) is 0 Å². The highest BCUT2D eigenvalue weighted by Crippen LogP contribution is 2.20. The summed E-state index contributed by atoms with van der Waals surface area (Å²) in [7, 11) is 0. The van der Waals surface area contributed by atoms with E-state index in [0.717, 1.165) is 35.4 Å². The number of thioether (sulfide) groups is 1. The maximum atomic E-state index is 4.41. The van der Waals surface area contributed by atoms with Crippen molar-refractivity contribution in [1.29, 1.82) is 0 Å². The van der Waals surface area contributed by atoms with Gasteiger partial charge in [0.1, 0.15) is 5.82 Å². The fourth-order valence-electron chi connectivity index (χ4n) is 1.10. The van der Waals surface area contributed by atoms with Crippen molar-refractivity contribution < 1.29 is 0 Å². The Kier molecular flexibility index (Phi) is 6.96. The lowest BCUT2D eigenvalue weighted by Crippen LogP contribution is -2.16. The van der Waals surface area contributed by atoms with Crippen LogP contribution >= 0.6 is 23.3 Å². The molecule has 0 saturated heterocycles. The first-order valence-electron chi connectivity index (χ1n) is 5.53. The molecule has 15 heavy (non-hydrogen) atoms. The predicted molar refractivity (Wildman–Crippen MR) is 67.8 cm³/mol. The molecule has 3 nitrogen and oxygen atoms in total. The van der Waals surface area contributed by atoms with E-state index in [1.807, 2.05) is 11.8 Å². The van der Waals surface area contributed by atoms with E-state index < -0.39 is 0 Å². The van der Waals surface area contributed by atoms with Gasteiger partial charge in [-0.25, -0.2) is 4.98 Å². The molecule has 0 saturated carbocycles. The van der Waals surface area contributed by atoms with Gasteiger partial charge in [-0.15, -0.1) is 0 Å². The minimum Gasteiger partial charge on any atom is -0.317 e. The van der Waals surface area contributed by atoms with E-state index in [2.05, 4.69) is 28.5 Å². The summed E-state index contributed by atoms with van der Waals surface area (Å²) in [5, 5.41) is 3.39. The Balaban J connectivity index is 2.04. The lowest BCUT2D eigenvalue weighted by atomic mass is 10.4. The molecule has 1 aromatic rings. The Morgan fingerprint density at radius 3 is 2.87 bits per heavy atom. The highest BCUT2D eigenvalue weighted by atomic mass is 32.2. The van der Waals surface area contributed by atoms with E-state index in [-0.39, 0.29) is 0 Å². The van der Waals surface area contributed by atoms with Crippen LogP contribution in [0.4, 0.5) is 0 Å². The van der Waals surface area contributed by atoms with Crippen LogP contribution in [0.25, 0.3) is 0 Å². The van der Waals surface area contributed by atoms with Crippen molar-refractivity contribution in [2.75, 3.05) is 18.8 Å². The van der Waals surface area contributed by atoms with Gasteiger partial charge in [-0.1, -0.05) is 25.6 Å². The number of nitrogens with zero attached hydrogens (tertiary/aromatic N) is 2. The maximum absolute atomic E-state index is 4.41. The Morgan fingerprint density at radius 1 is 1.33 bits per heavy atom. The second-order valence-corrected chi connectivity index (χ2v) is 5.38. The minimum absolute atomic E-state index is 0.940. The monoisotopic (exact) mass is 245 g/mol. The second-order valence-electron chi connectivity index (χ2n) is 3.28. The largest absolute Gasteiger partial charge is 0.317 e. The summed E-state index contributed by atoms with van der Waals surface area (Å²) in [5.41, 5.74) is 0. The van der Waals surface area contributed by atoms with E-state index in [9.17, 15) is 0 Å². The molecule has 0 atom stereocenters. The molecule has 1 heterocycles. The first-order valence-corrected chi connectivity index (χ1v) is 7.28. The second kappa shape index (κ2) is 8.07. The van der Waals surface area contributed by atoms with E-state index >= 15 is 0 Å². The lowest BCUT2D eigenvalue weighted by molar-refractivity contribution is 0.664. The molecule has 0 aliphatic rings. The summed E-state index contributed by atoms with van der Waals surface area (Å²) in [4.78, 5) is 4.41. The van der Waals surface area contributed by atoms with Gasteiger partial charge in [0.15, 0.2) is 4.34 Å². The Morgan fingerprint density at radius 2 is 2.20 bits per heavy atom. The summed E-state index contributed by atoms with van der Waals surface area (Å²) >= 11 is 3.34. The highest BCUT2D eigenvalue weighted by molar-refractivity contribution is 8.00. The van der Waals surface area contributed by atoms with E-state index in [1.165, 1.54) is 24.4 Å². The number of aryl methyl sites for hydroxylation is 1. The molecule has 86 valence electrons. The number of hydrogen-bond acceptors (Lipinski definition) is 5. The zero-order valence-electron chi connectivity index (χ0n) is 9.45. The molecular formula is C10H19N3S2. The number of rotatable bonds is 8. The Hall–Kier alpha value is -0.130. The normalized spacial score (nSPS) is 10.8. The summed E-state index contributed by atoms with van der Waals surface area (Å²) in [5.74, 6) is 2.11. The average molecular weight is 245 g/mol. The van der Waals surface area contributed by atoms with Crippen molar-refractivity contribution in [3.8, 4) is 0 Å². The van der Waals surface area contributed by atoms with Gasteiger partial charge < -0.3 is 5.32 Å². The first kappa shape index (κ1) is 12.9. The van der Waals surface area contributed by atoms with Crippen molar-refractivity contribution in [3.63, 3.8) is 0 Å². The fraction of sp³-hybridized carbons (Fsp3) is 0.800. The molecule has 0 aliphatic carbocycles. The zero-order chi connectivity index (χ0) is 10.9. The molecule has 0 spiro atoms. The van der Waals surface area contributed by atoms with Gasteiger partial charge in [0.2, 0.25) is 0 Å². The smallest absolute Gasteiger partial charge is 0.170 e. The average Bonchev–Trinajstić information content (AvgIpc) is 2.71. The summed E-state index contributed by atoms with van der Waals surface area (Å²) < 4.78 is 5.37. The van der Waals surface area contributed by atoms with Gasteiger partial charge in [0.05, 0.1) is 0 Å². The van der Waals surface area contributed by atoms with Crippen LogP contribution in [0.3, 0.4) is 0 Å². The van der Waals surface area contributed by atoms with Crippen LogP contribution in [0.1, 0.15) is 32.5 Å². The van der Waals surface area contributed by atoms with Crippen LogP contribution in [0.15, 0.2) is 4.34 Å². The molecule has 1 aromatic heterocycles. The van der Waals surface area contributed by atoms with Crippen LogP contribution in [0.2, 0.25) is 0 Å². The first-order chi connectivity index (χ1) is 7.36. The molecule has 0 aliphatic heterocycles. The minimum atomic E-state index is 0.940. The van der Waals surface area contributed by atoms with Crippen LogP contribution in [-0.2, 0) is 6.42 Å². The van der Waals surface area contributed by atoms with Crippen LogP contribution < -0.4 is 5.32 Å². The molecule has 0 bridgehead atoms. The van der Waals surface area contributed by atoms with Crippen LogP contribution in [-0.4, -0.2) is 28.2 Å². The number of aromatic nitrogens is 2. The van der Waals surface area contributed by atoms with Gasteiger partial charge in [-0.3, -0.25) is 0 Å². The van der Waals surface area contributed by atoms with Gasteiger partial charge in [-0.2, -0.15) is 4.37 Å². The molecule has 0 unspecified atom stereocenters. The molecule has 1 rings (SSSR count). The van der Waals surface area contributed by atoms with Gasteiger partial charge in [-0.05, 0) is 37.5 Å². The number of hydrogen-bond donors (Lipinski definition) is 1. The summed E-state index contributed by atoms with van der Waals surface area (Å²) in [6.45, 7) is 6.52. The summed E-state index contributed by atoms with van der Waals surface area (Å²) in [6, 6.07) is 0. The Labute approximate surface area is 100 Å². The lowest BCUT2D eigenvalue weighted by Gasteiger charge is -2.00. The molecule has 0 amide bonds. The van der Waals surface area contributed by atoms with Gasteiger partial charge in [0, 0.05) is 12.2 Å². The molecule has 0 radical (unpaired) electrons. The third-order valence-corrected chi connectivity index (χ3v) is 3.87. The van der Waals surface area contributed by atoms with E-state index in [4.69, 9.17) is 0 Å². The molecule has 0 aromatic carbocycles. The zero-order valence-corrected chi connectivity index (χ0v) is 11.1. The molecule has 5 heteroatoms. The van der Waals surface area contributed by atoms with Crippen molar-refractivity contribution >= 4 is 23.3 Å². The molecular weight excluding hydrogens is 226 g/mol. The molecule has 1 N–H and O–H groups in total. The van der Waals surface area contributed by atoms with E-state index in [0.29, 0.717) is 0 Å². The Bertz CT molecular complexity index is 263. The molecule has 0 fully saturated rings. The van der Waals surface area contributed by atoms with E-state index in [1.54, 1.807) is 0 Å². The van der Waals surface area contributed by atoms with Gasteiger partial charge >= 0.3 is 0 Å². The summed E-state index contributed by atoms with van der Waals surface area (Å²) in [6.07, 6.45) is 3.35. The standard InChI is InChI=1S/C10H19N3S2/c1-3-6-11-7-5-8-14-10-12-9(4-2)13-15-10/h11H,3-8H2,1-2H3. The van der Waals surface area contributed by atoms with Crippen molar-refractivity contribution in [2.24, 2.45) is 0 Å². The SMILES string of the molecule is CCCNCCCSc1nc(CC)ns1. The third kappa shape index (κ3) is 5.49. The van der Waals surface area contributed by atoms with Gasteiger partial charge in [0.25, 0.3) is 0 Å². The number of nitrogens with one attached hydrogen (secondary N) is 1. The van der Waals surface area contributed by atoms with Crippen molar-refractivity contribution in [1.82, 2.24) is 14.7 Å². The quantitative estimate of drug-likeness (QED) is 0.564. The van der Waals surface area contributed by atoms with Crippen LogP contribution in [0.5, 0.6) is 0 Å². The van der Waals surface area contributed by atoms with Crippen molar-refractivity contribution in [3.05, 3.63) is 5.82 Å². The third-order valence-electron chi connectivity index (χ3n) is 1.92. The predicted octanol–water partition coefficient (Wildman–Crippen LogP) is 2.58. The fourth-order valence-corrected chi connectivity index (χ4v) is 2.80. The maximum Gasteiger partial charge on any atom is 0.170 e. The topological polar surface area (TPSA) is 37.8 Å². The highest BCUT2D eigenvalue weighted by Gasteiger charge is 2.01. The van der Waals surface area contributed by atoms with Crippen molar-refractivity contribution in [2.45, 2.75) is 37.4 Å².